The lowest BCUT2D eigenvalue weighted by Crippen LogP contribution is -2.39. The van der Waals surface area contributed by atoms with Crippen LogP contribution in [0.2, 0.25) is 0 Å². The smallest absolute Gasteiger partial charge is 0.407 e. The van der Waals surface area contributed by atoms with Crippen molar-refractivity contribution in [3.8, 4) is 0 Å². The third-order valence-electron chi connectivity index (χ3n) is 2.92. The number of nitrogens with zero attached hydrogens (tertiary/aromatic N) is 1. The zero-order chi connectivity index (χ0) is 17.8. The Labute approximate surface area is 145 Å². The van der Waals surface area contributed by atoms with Crippen molar-refractivity contribution < 1.29 is 9.53 Å². The van der Waals surface area contributed by atoms with Gasteiger partial charge in [-0.3, -0.25) is 0 Å². The first-order valence-electron chi connectivity index (χ1n) is 8.43. The minimum Gasteiger partial charge on any atom is -0.444 e. The predicted octanol–water partition coefficient (Wildman–Crippen LogP) is 2.66. The Kier molecular flexibility index (Phi) is 8.68. The number of nitrogens with one attached hydrogen (secondary N) is 3. The number of rotatable bonds is 7. The van der Waals surface area contributed by atoms with Gasteiger partial charge >= 0.3 is 6.09 Å². The maximum absolute atomic E-state index is 11.5. The standard InChI is InChI=1S/C18H30N4O2/c1-5-19-16(22-14-15-10-7-6-8-11-15)20-12-9-13-21-17(23)24-18(2,3)4/h6-8,10-11H,5,9,12-14H2,1-4H3,(H,21,23)(H2,19,20,22). The van der Waals surface area contributed by atoms with Gasteiger partial charge in [-0.25, -0.2) is 9.79 Å². The molecule has 6 nitrogen and oxygen atoms in total. The molecule has 0 unspecified atom stereocenters. The van der Waals surface area contributed by atoms with E-state index in [4.69, 9.17) is 4.74 Å². The van der Waals surface area contributed by atoms with Gasteiger partial charge in [0.15, 0.2) is 5.96 Å². The molecule has 6 heteroatoms. The van der Waals surface area contributed by atoms with Crippen LogP contribution < -0.4 is 16.0 Å². The third-order valence-corrected chi connectivity index (χ3v) is 2.92. The molecule has 0 atom stereocenters. The van der Waals surface area contributed by atoms with Gasteiger partial charge in [-0.05, 0) is 39.7 Å². The summed E-state index contributed by atoms with van der Waals surface area (Å²) in [5, 5.41) is 9.21. The summed E-state index contributed by atoms with van der Waals surface area (Å²) in [5.74, 6) is 0.777. The van der Waals surface area contributed by atoms with Crippen molar-refractivity contribution in [2.45, 2.75) is 46.3 Å². The molecule has 0 spiro atoms. The lowest BCUT2D eigenvalue weighted by Gasteiger charge is -2.19. The summed E-state index contributed by atoms with van der Waals surface area (Å²) < 4.78 is 5.18. The van der Waals surface area contributed by atoms with Crippen LogP contribution in [0.1, 0.15) is 39.7 Å². The summed E-state index contributed by atoms with van der Waals surface area (Å²) in [6.07, 6.45) is 0.404. The average molecular weight is 334 g/mol. The average Bonchev–Trinajstić information content (AvgIpc) is 2.51. The number of carbonyl (C=O) groups is 1. The zero-order valence-corrected chi connectivity index (χ0v) is 15.2. The Morgan fingerprint density at radius 3 is 2.38 bits per heavy atom. The largest absolute Gasteiger partial charge is 0.444 e. The number of aliphatic imine (C=N–C) groups is 1. The van der Waals surface area contributed by atoms with Gasteiger partial charge in [-0.1, -0.05) is 30.3 Å². The van der Waals surface area contributed by atoms with Crippen molar-refractivity contribution >= 4 is 12.1 Å². The Balaban J connectivity index is 2.27. The van der Waals surface area contributed by atoms with Crippen LogP contribution in [0.25, 0.3) is 0 Å². The molecule has 0 fully saturated rings. The maximum Gasteiger partial charge on any atom is 0.407 e. The van der Waals surface area contributed by atoms with Crippen LogP contribution >= 0.6 is 0 Å². The van der Waals surface area contributed by atoms with Gasteiger partial charge in [0.05, 0.1) is 6.54 Å². The van der Waals surface area contributed by atoms with E-state index in [2.05, 4.69) is 33.1 Å². The summed E-state index contributed by atoms with van der Waals surface area (Å²) >= 11 is 0. The minimum atomic E-state index is -0.468. The van der Waals surface area contributed by atoms with Crippen LogP contribution in [0.3, 0.4) is 0 Å². The highest BCUT2D eigenvalue weighted by atomic mass is 16.6. The third kappa shape index (κ3) is 9.71. The highest BCUT2D eigenvalue weighted by molar-refractivity contribution is 5.79. The van der Waals surface area contributed by atoms with Crippen molar-refractivity contribution in [2.24, 2.45) is 4.99 Å². The Morgan fingerprint density at radius 1 is 1.08 bits per heavy atom. The molecule has 24 heavy (non-hydrogen) atoms. The molecule has 1 amide bonds. The fourth-order valence-corrected chi connectivity index (χ4v) is 1.90. The summed E-state index contributed by atoms with van der Waals surface area (Å²) in [5.41, 5.74) is 0.700. The SMILES string of the molecule is CCNC(=NCc1ccccc1)NCCCNC(=O)OC(C)(C)C. The second-order valence-corrected chi connectivity index (χ2v) is 6.39. The molecule has 1 aromatic rings. The molecule has 0 aliphatic rings. The van der Waals surface area contributed by atoms with E-state index in [9.17, 15) is 4.79 Å². The van der Waals surface area contributed by atoms with E-state index in [-0.39, 0.29) is 6.09 Å². The molecule has 0 heterocycles. The maximum atomic E-state index is 11.5. The predicted molar refractivity (Wildman–Crippen MR) is 98.1 cm³/mol. The molecule has 0 aliphatic heterocycles. The van der Waals surface area contributed by atoms with Crippen LogP contribution in [-0.4, -0.2) is 37.3 Å². The number of hydrogen-bond donors (Lipinski definition) is 3. The van der Waals surface area contributed by atoms with Gasteiger partial charge in [0, 0.05) is 19.6 Å². The van der Waals surface area contributed by atoms with Crippen molar-refractivity contribution in [2.75, 3.05) is 19.6 Å². The van der Waals surface area contributed by atoms with Gasteiger partial charge in [0.2, 0.25) is 0 Å². The highest BCUT2D eigenvalue weighted by Crippen LogP contribution is 2.06. The second-order valence-electron chi connectivity index (χ2n) is 6.39. The number of ether oxygens (including phenoxy) is 1. The number of benzene rings is 1. The van der Waals surface area contributed by atoms with Gasteiger partial charge in [-0.2, -0.15) is 0 Å². The monoisotopic (exact) mass is 334 g/mol. The first-order chi connectivity index (χ1) is 11.4. The Morgan fingerprint density at radius 2 is 1.75 bits per heavy atom. The fraction of sp³-hybridized carbons (Fsp3) is 0.556. The topological polar surface area (TPSA) is 74.8 Å². The van der Waals surface area contributed by atoms with Gasteiger partial charge in [0.25, 0.3) is 0 Å². The lowest BCUT2D eigenvalue weighted by molar-refractivity contribution is 0.0527. The molecular formula is C18H30N4O2. The second kappa shape index (κ2) is 10.5. The van der Waals surface area contributed by atoms with Crippen molar-refractivity contribution in [3.05, 3.63) is 35.9 Å². The summed E-state index contributed by atoms with van der Waals surface area (Å²) in [4.78, 5) is 16.1. The van der Waals surface area contributed by atoms with E-state index in [1.165, 1.54) is 5.56 Å². The Hall–Kier alpha value is -2.24. The molecule has 0 saturated heterocycles. The van der Waals surface area contributed by atoms with Crippen LogP contribution in [-0.2, 0) is 11.3 Å². The summed E-state index contributed by atoms with van der Waals surface area (Å²) in [7, 11) is 0. The summed E-state index contributed by atoms with van der Waals surface area (Å²) in [6, 6.07) is 10.1. The molecule has 1 aromatic carbocycles. The van der Waals surface area contributed by atoms with E-state index in [1.54, 1.807) is 0 Å². The molecule has 3 N–H and O–H groups in total. The molecule has 0 aromatic heterocycles. The quantitative estimate of drug-likeness (QED) is 0.407. The molecule has 0 radical (unpaired) electrons. The summed E-state index contributed by atoms with van der Waals surface area (Å²) in [6.45, 7) is 10.3. The number of carbonyl (C=O) groups excluding carboxylic acids is 1. The molecule has 0 bridgehead atoms. The molecule has 1 rings (SSSR count). The number of amides is 1. The van der Waals surface area contributed by atoms with Crippen LogP contribution in [0, 0.1) is 0 Å². The minimum absolute atomic E-state index is 0.382. The molecular weight excluding hydrogens is 304 g/mol. The first-order valence-corrected chi connectivity index (χ1v) is 8.43. The van der Waals surface area contributed by atoms with Crippen molar-refractivity contribution in [3.63, 3.8) is 0 Å². The van der Waals surface area contributed by atoms with Crippen LogP contribution in [0.5, 0.6) is 0 Å². The number of guanidine groups is 1. The van der Waals surface area contributed by atoms with E-state index in [0.29, 0.717) is 13.1 Å². The van der Waals surface area contributed by atoms with Crippen molar-refractivity contribution in [1.29, 1.82) is 0 Å². The molecule has 0 saturated carbocycles. The molecule has 0 aliphatic carbocycles. The molecule has 134 valence electrons. The van der Waals surface area contributed by atoms with Gasteiger partial charge in [0.1, 0.15) is 5.60 Å². The van der Waals surface area contributed by atoms with Gasteiger partial charge < -0.3 is 20.7 Å². The van der Waals surface area contributed by atoms with Crippen molar-refractivity contribution in [1.82, 2.24) is 16.0 Å². The van der Waals surface area contributed by atoms with E-state index < -0.39 is 5.60 Å². The van der Waals surface area contributed by atoms with Gasteiger partial charge in [-0.15, -0.1) is 0 Å². The van der Waals surface area contributed by atoms with Crippen LogP contribution in [0.4, 0.5) is 4.79 Å². The number of alkyl carbamates (subject to hydrolysis) is 1. The van der Waals surface area contributed by atoms with E-state index >= 15 is 0 Å². The van der Waals surface area contributed by atoms with E-state index in [1.807, 2.05) is 45.9 Å². The normalized spacial score (nSPS) is 11.8. The van der Waals surface area contributed by atoms with E-state index in [0.717, 1.165) is 25.5 Å². The highest BCUT2D eigenvalue weighted by Gasteiger charge is 2.15. The zero-order valence-electron chi connectivity index (χ0n) is 15.2. The Bertz CT molecular complexity index is 510. The lowest BCUT2D eigenvalue weighted by atomic mass is 10.2. The first kappa shape index (κ1) is 19.8. The van der Waals surface area contributed by atoms with Crippen LogP contribution in [0.15, 0.2) is 35.3 Å². The fourth-order valence-electron chi connectivity index (χ4n) is 1.90. The number of hydrogen-bond acceptors (Lipinski definition) is 3.